The van der Waals surface area contributed by atoms with Crippen LogP contribution in [0.3, 0.4) is 0 Å². The quantitative estimate of drug-likeness (QED) is 0.467. The van der Waals surface area contributed by atoms with E-state index in [0.717, 1.165) is 18.4 Å². The van der Waals surface area contributed by atoms with Crippen LogP contribution in [-0.4, -0.2) is 41.2 Å². The first-order valence-electron chi connectivity index (χ1n) is 10.9. The van der Waals surface area contributed by atoms with Crippen LogP contribution >= 0.6 is 0 Å². The maximum Gasteiger partial charge on any atom is 0.410 e. The molecule has 0 unspecified atom stereocenters. The summed E-state index contributed by atoms with van der Waals surface area (Å²) in [7, 11) is 0. The van der Waals surface area contributed by atoms with Crippen molar-refractivity contribution in [3.05, 3.63) is 64.2 Å². The highest BCUT2D eigenvalue weighted by molar-refractivity contribution is 5.68. The SMILES string of the molecule is CC(C)(C)OC(=O)N1CCC(CNc2cc(OCc3ccccc3)ccc2[N+](=O)[O-])CC1. The van der Waals surface area contributed by atoms with Gasteiger partial charge in [0.25, 0.3) is 5.69 Å². The second-order valence-corrected chi connectivity index (χ2v) is 9.00. The molecule has 1 heterocycles. The zero-order valence-electron chi connectivity index (χ0n) is 18.9. The fourth-order valence-corrected chi connectivity index (χ4v) is 3.55. The number of amides is 1. The minimum Gasteiger partial charge on any atom is -0.489 e. The molecule has 32 heavy (non-hydrogen) atoms. The van der Waals surface area contributed by atoms with Gasteiger partial charge in [0.1, 0.15) is 23.6 Å². The zero-order valence-corrected chi connectivity index (χ0v) is 18.9. The van der Waals surface area contributed by atoms with Crippen molar-refractivity contribution < 1.29 is 19.2 Å². The molecule has 0 aliphatic carbocycles. The Hall–Kier alpha value is -3.29. The van der Waals surface area contributed by atoms with Gasteiger partial charge in [0.2, 0.25) is 0 Å². The van der Waals surface area contributed by atoms with Crippen LogP contribution in [-0.2, 0) is 11.3 Å². The van der Waals surface area contributed by atoms with E-state index in [1.54, 1.807) is 17.0 Å². The van der Waals surface area contributed by atoms with E-state index >= 15 is 0 Å². The Balaban J connectivity index is 1.55. The topological polar surface area (TPSA) is 93.9 Å². The molecule has 3 rings (SSSR count). The molecule has 8 heteroatoms. The maximum atomic E-state index is 12.2. The van der Waals surface area contributed by atoms with Gasteiger partial charge in [0.05, 0.1) is 4.92 Å². The lowest BCUT2D eigenvalue weighted by Gasteiger charge is -2.33. The fraction of sp³-hybridized carbons (Fsp3) is 0.458. The number of anilines is 1. The standard InChI is InChI=1S/C24H31N3O5/c1-24(2,3)32-23(28)26-13-11-18(12-14-26)16-25-21-15-20(9-10-22(21)27(29)30)31-17-19-7-5-4-6-8-19/h4-10,15,18,25H,11-14,16-17H2,1-3H3. The summed E-state index contributed by atoms with van der Waals surface area (Å²) in [6.45, 7) is 7.77. The number of carbonyl (C=O) groups excluding carboxylic acids is 1. The predicted octanol–water partition coefficient (Wildman–Crippen LogP) is 5.23. The number of nitro benzene ring substituents is 1. The molecule has 1 N–H and O–H groups in total. The molecule has 0 spiro atoms. The van der Waals surface area contributed by atoms with Gasteiger partial charge in [0, 0.05) is 31.8 Å². The number of likely N-dealkylation sites (tertiary alicyclic amines) is 1. The number of ether oxygens (including phenoxy) is 2. The summed E-state index contributed by atoms with van der Waals surface area (Å²) in [6, 6.07) is 14.5. The van der Waals surface area contributed by atoms with Crippen molar-refractivity contribution in [3.63, 3.8) is 0 Å². The second-order valence-electron chi connectivity index (χ2n) is 9.00. The van der Waals surface area contributed by atoms with Crippen molar-refractivity contribution >= 4 is 17.5 Å². The van der Waals surface area contributed by atoms with Crippen LogP contribution in [0.4, 0.5) is 16.2 Å². The highest BCUT2D eigenvalue weighted by Gasteiger charge is 2.27. The first-order chi connectivity index (χ1) is 15.2. The minimum atomic E-state index is -0.512. The molecular formula is C24H31N3O5. The Kier molecular flexibility index (Phi) is 7.56. The Morgan fingerprint density at radius 2 is 1.84 bits per heavy atom. The van der Waals surface area contributed by atoms with Crippen molar-refractivity contribution in [1.82, 2.24) is 4.90 Å². The van der Waals surface area contributed by atoms with Crippen molar-refractivity contribution in [2.45, 2.75) is 45.8 Å². The number of nitrogens with zero attached hydrogens (tertiary/aromatic N) is 2. The zero-order chi connectivity index (χ0) is 23.1. The minimum absolute atomic E-state index is 0.0169. The van der Waals surface area contributed by atoms with Crippen LogP contribution in [0.5, 0.6) is 5.75 Å². The third-order valence-corrected chi connectivity index (χ3v) is 5.26. The summed E-state index contributed by atoms with van der Waals surface area (Å²) in [6.07, 6.45) is 1.33. The molecule has 1 saturated heterocycles. The lowest BCUT2D eigenvalue weighted by molar-refractivity contribution is -0.384. The summed E-state index contributed by atoms with van der Waals surface area (Å²) in [5, 5.41) is 14.7. The molecule has 2 aromatic carbocycles. The van der Waals surface area contributed by atoms with Gasteiger partial charge in [-0.1, -0.05) is 30.3 Å². The Bertz CT molecular complexity index is 919. The van der Waals surface area contributed by atoms with Gasteiger partial charge in [-0.3, -0.25) is 10.1 Å². The number of hydrogen-bond donors (Lipinski definition) is 1. The van der Waals surface area contributed by atoms with Gasteiger partial charge in [0.15, 0.2) is 0 Å². The molecular weight excluding hydrogens is 410 g/mol. The highest BCUT2D eigenvalue weighted by Crippen LogP contribution is 2.30. The number of rotatable bonds is 7. The maximum absolute atomic E-state index is 12.2. The molecule has 0 saturated carbocycles. The average molecular weight is 442 g/mol. The van der Waals surface area contributed by atoms with Crippen LogP contribution in [0, 0.1) is 16.0 Å². The number of nitrogens with one attached hydrogen (secondary N) is 1. The van der Waals surface area contributed by atoms with E-state index in [0.29, 0.717) is 43.6 Å². The predicted molar refractivity (Wildman–Crippen MR) is 123 cm³/mol. The molecule has 8 nitrogen and oxygen atoms in total. The van der Waals surface area contributed by atoms with E-state index in [2.05, 4.69) is 5.32 Å². The largest absolute Gasteiger partial charge is 0.489 e. The fourth-order valence-electron chi connectivity index (χ4n) is 3.55. The average Bonchev–Trinajstić information content (AvgIpc) is 2.76. The van der Waals surface area contributed by atoms with Gasteiger partial charge >= 0.3 is 6.09 Å². The lowest BCUT2D eigenvalue weighted by atomic mass is 9.97. The van der Waals surface area contributed by atoms with Crippen LogP contribution in [0.25, 0.3) is 0 Å². The lowest BCUT2D eigenvalue weighted by Crippen LogP contribution is -2.42. The molecule has 1 fully saturated rings. The highest BCUT2D eigenvalue weighted by atomic mass is 16.6. The van der Waals surface area contributed by atoms with Gasteiger partial charge in [-0.15, -0.1) is 0 Å². The van der Waals surface area contributed by atoms with Gasteiger partial charge < -0.3 is 19.7 Å². The van der Waals surface area contributed by atoms with E-state index in [-0.39, 0.29) is 11.8 Å². The summed E-state index contributed by atoms with van der Waals surface area (Å²) < 4.78 is 11.3. The van der Waals surface area contributed by atoms with Gasteiger partial charge in [-0.25, -0.2) is 4.79 Å². The molecule has 1 amide bonds. The molecule has 0 aromatic heterocycles. The van der Waals surface area contributed by atoms with Crippen molar-refractivity contribution in [2.75, 3.05) is 25.0 Å². The smallest absolute Gasteiger partial charge is 0.410 e. The summed E-state index contributed by atoms with van der Waals surface area (Å²) in [5.41, 5.74) is 0.970. The first-order valence-corrected chi connectivity index (χ1v) is 10.9. The number of hydrogen-bond acceptors (Lipinski definition) is 6. The number of carbonyl (C=O) groups is 1. The van der Waals surface area contributed by atoms with E-state index in [1.165, 1.54) is 6.07 Å². The van der Waals surface area contributed by atoms with Crippen molar-refractivity contribution in [2.24, 2.45) is 5.92 Å². The number of benzene rings is 2. The van der Waals surface area contributed by atoms with Crippen molar-refractivity contribution in [3.8, 4) is 5.75 Å². The monoisotopic (exact) mass is 441 g/mol. The molecule has 172 valence electrons. The normalized spacial score (nSPS) is 14.7. The van der Waals surface area contributed by atoms with Crippen LogP contribution in [0.15, 0.2) is 48.5 Å². The van der Waals surface area contributed by atoms with E-state index in [1.807, 2.05) is 51.1 Å². The van der Waals surface area contributed by atoms with Crippen LogP contribution in [0.2, 0.25) is 0 Å². The molecule has 0 bridgehead atoms. The van der Waals surface area contributed by atoms with Gasteiger partial charge in [-0.2, -0.15) is 0 Å². The summed E-state index contributed by atoms with van der Waals surface area (Å²) >= 11 is 0. The second kappa shape index (κ2) is 10.3. The Morgan fingerprint density at radius 1 is 1.16 bits per heavy atom. The Morgan fingerprint density at radius 3 is 2.47 bits per heavy atom. The van der Waals surface area contributed by atoms with Crippen LogP contribution in [0.1, 0.15) is 39.2 Å². The molecule has 1 aliphatic rings. The number of nitro groups is 1. The van der Waals surface area contributed by atoms with E-state index < -0.39 is 10.5 Å². The van der Waals surface area contributed by atoms with E-state index in [4.69, 9.17) is 9.47 Å². The summed E-state index contributed by atoms with van der Waals surface area (Å²) in [5.74, 6) is 0.879. The third kappa shape index (κ3) is 6.87. The van der Waals surface area contributed by atoms with Crippen LogP contribution < -0.4 is 10.1 Å². The molecule has 0 radical (unpaired) electrons. The van der Waals surface area contributed by atoms with Crippen molar-refractivity contribution in [1.29, 1.82) is 0 Å². The first kappa shape index (κ1) is 23.4. The van der Waals surface area contributed by atoms with E-state index in [9.17, 15) is 14.9 Å². The number of piperidine rings is 1. The molecule has 0 atom stereocenters. The van der Waals surface area contributed by atoms with Gasteiger partial charge in [-0.05, 0) is 51.2 Å². The Labute approximate surface area is 188 Å². The third-order valence-electron chi connectivity index (χ3n) is 5.26. The molecule has 1 aliphatic heterocycles. The molecule has 2 aromatic rings. The summed E-state index contributed by atoms with van der Waals surface area (Å²) in [4.78, 5) is 25.0.